The Labute approximate surface area is 289 Å². The maximum atomic E-state index is 16.5. The fourth-order valence-electron chi connectivity index (χ4n) is 6.60. The Kier molecular flexibility index (Phi) is 11.7. The summed E-state index contributed by atoms with van der Waals surface area (Å²) in [5, 5.41) is 11.9. The van der Waals surface area contributed by atoms with Crippen LogP contribution in [0.4, 0.5) is 35.1 Å². The second kappa shape index (κ2) is 15.1. The second-order valence-electron chi connectivity index (χ2n) is 13.5. The number of carboxylic acid groups (broad SMARTS) is 1. The van der Waals surface area contributed by atoms with Gasteiger partial charge in [0, 0.05) is 29.9 Å². The van der Waals surface area contributed by atoms with Gasteiger partial charge in [0.2, 0.25) is 5.91 Å². The van der Waals surface area contributed by atoms with Crippen molar-refractivity contribution in [3.05, 3.63) is 91.4 Å². The first kappa shape index (κ1) is 39.5. The summed E-state index contributed by atoms with van der Waals surface area (Å²) in [6.45, 7) is 9.57. The molecule has 15 heteroatoms. The number of carboxylic acids is 1. The van der Waals surface area contributed by atoms with Crippen LogP contribution in [0.1, 0.15) is 84.1 Å². The molecule has 4 rings (SSSR count). The van der Waals surface area contributed by atoms with Gasteiger partial charge < -0.3 is 19.9 Å². The van der Waals surface area contributed by atoms with E-state index in [1.165, 1.54) is 13.8 Å². The molecule has 7 nitrogen and oxygen atoms in total. The van der Waals surface area contributed by atoms with E-state index in [9.17, 15) is 45.8 Å². The minimum Gasteiger partial charge on any atom is -0.481 e. The molecule has 2 atom stereocenters. The number of hydrogen-bond donors (Lipinski definition) is 2. The van der Waals surface area contributed by atoms with Crippen LogP contribution >= 0.6 is 0 Å². The molecular formula is C36H39F8N3O4. The molecule has 2 heterocycles. The van der Waals surface area contributed by atoms with Crippen molar-refractivity contribution in [1.82, 2.24) is 14.8 Å². The quantitative estimate of drug-likeness (QED) is 0.185. The molecule has 1 aliphatic heterocycles. The summed E-state index contributed by atoms with van der Waals surface area (Å²) in [6, 6.07) is -0.0608. The minimum atomic E-state index is -5.37. The molecule has 2 unspecified atom stereocenters. The van der Waals surface area contributed by atoms with Crippen LogP contribution in [0.15, 0.2) is 35.3 Å². The Morgan fingerprint density at radius 1 is 0.902 bits per heavy atom. The highest BCUT2D eigenvalue weighted by Gasteiger charge is 2.41. The van der Waals surface area contributed by atoms with Crippen LogP contribution in [-0.4, -0.2) is 46.1 Å². The summed E-state index contributed by atoms with van der Waals surface area (Å²) in [5.74, 6) is -7.05. The van der Waals surface area contributed by atoms with Gasteiger partial charge in [0.25, 0.3) is 5.56 Å². The first-order valence-electron chi connectivity index (χ1n) is 16.3. The number of carbonyl (C=O) groups is 2. The smallest absolute Gasteiger partial charge is 0.419 e. The van der Waals surface area contributed by atoms with E-state index in [2.05, 4.69) is 5.32 Å². The Hall–Kier alpha value is -4.27. The van der Waals surface area contributed by atoms with Crippen LogP contribution in [0, 0.1) is 38.3 Å². The zero-order valence-electron chi connectivity index (χ0n) is 28.7. The third-order valence-electron chi connectivity index (χ3n) is 8.98. The highest BCUT2D eigenvalue weighted by Crippen LogP contribution is 2.42. The lowest BCUT2D eigenvalue weighted by Gasteiger charge is -2.31. The number of carbonyl (C=O) groups excluding carboxylic acids is 1. The molecule has 1 aromatic heterocycles. The largest absolute Gasteiger partial charge is 0.481 e. The molecule has 0 spiro atoms. The Morgan fingerprint density at radius 2 is 1.49 bits per heavy atom. The number of aromatic nitrogens is 1. The first-order chi connectivity index (χ1) is 23.6. The number of aliphatic carboxylic acids is 1. The molecule has 3 aromatic rings. The van der Waals surface area contributed by atoms with Crippen LogP contribution in [0.5, 0.6) is 0 Å². The SMILES string of the molecule is Cc1cc(C)c(-c2cc(C(F)(F)F)c(F)c(C(CC(=O)O)NC(=O)C(CC(C)C)n3cc(CCN4CCC4)c(C(F)(F)F)cc3=O)c2F)c(C)c1. The summed E-state index contributed by atoms with van der Waals surface area (Å²) in [7, 11) is 0. The number of likely N-dealkylation sites (tertiary alicyclic amines) is 1. The van der Waals surface area contributed by atoms with Gasteiger partial charge in [-0.3, -0.25) is 14.4 Å². The Bertz CT molecular complexity index is 1840. The maximum Gasteiger partial charge on any atom is 0.419 e. The second-order valence-corrected chi connectivity index (χ2v) is 13.5. The molecule has 0 aliphatic carbocycles. The van der Waals surface area contributed by atoms with Gasteiger partial charge in [-0.05, 0) is 87.4 Å². The summed E-state index contributed by atoms with van der Waals surface area (Å²) in [6.07, 6.45) is -10.1. The van der Waals surface area contributed by atoms with Gasteiger partial charge in [0.05, 0.1) is 23.6 Å². The number of alkyl halides is 6. The molecule has 51 heavy (non-hydrogen) atoms. The Morgan fingerprint density at radius 3 is 1.98 bits per heavy atom. The van der Waals surface area contributed by atoms with Crippen LogP contribution < -0.4 is 10.9 Å². The zero-order valence-corrected chi connectivity index (χ0v) is 28.7. The Balaban J connectivity index is 1.88. The summed E-state index contributed by atoms with van der Waals surface area (Å²) >= 11 is 0. The maximum absolute atomic E-state index is 16.5. The number of rotatable bonds is 12. The number of halogens is 8. The molecule has 2 aromatic carbocycles. The third-order valence-corrected chi connectivity index (χ3v) is 8.98. The van der Waals surface area contributed by atoms with Gasteiger partial charge in [0.1, 0.15) is 17.7 Å². The number of nitrogens with one attached hydrogen (secondary N) is 1. The van der Waals surface area contributed by atoms with Crippen LogP contribution in [-0.2, 0) is 28.4 Å². The predicted molar refractivity (Wildman–Crippen MR) is 173 cm³/mol. The van der Waals surface area contributed by atoms with Gasteiger partial charge in [-0.2, -0.15) is 26.3 Å². The van der Waals surface area contributed by atoms with E-state index >= 15 is 8.78 Å². The van der Waals surface area contributed by atoms with Crippen molar-refractivity contribution in [2.24, 2.45) is 5.92 Å². The van der Waals surface area contributed by atoms with E-state index < -0.39 is 88.1 Å². The van der Waals surface area contributed by atoms with E-state index in [4.69, 9.17) is 0 Å². The van der Waals surface area contributed by atoms with Crippen molar-refractivity contribution in [3.63, 3.8) is 0 Å². The van der Waals surface area contributed by atoms with Gasteiger partial charge in [0.15, 0.2) is 0 Å². The van der Waals surface area contributed by atoms with Crippen molar-refractivity contribution >= 4 is 11.9 Å². The fourth-order valence-corrected chi connectivity index (χ4v) is 6.60. The molecule has 1 saturated heterocycles. The highest BCUT2D eigenvalue weighted by atomic mass is 19.4. The van der Waals surface area contributed by atoms with Gasteiger partial charge in [-0.25, -0.2) is 8.78 Å². The van der Waals surface area contributed by atoms with E-state index in [0.717, 1.165) is 17.2 Å². The zero-order chi connectivity index (χ0) is 38.2. The molecule has 1 amide bonds. The van der Waals surface area contributed by atoms with Gasteiger partial charge in [-0.15, -0.1) is 0 Å². The van der Waals surface area contributed by atoms with Gasteiger partial charge >= 0.3 is 18.3 Å². The third kappa shape index (κ3) is 8.97. The fraction of sp³-hybridized carbons (Fsp3) is 0.472. The summed E-state index contributed by atoms with van der Waals surface area (Å²) < 4.78 is 118. The topological polar surface area (TPSA) is 91.6 Å². The normalized spacial score (nSPS) is 15.1. The van der Waals surface area contributed by atoms with E-state index in [1.807, 2.05) is 4.90 Å². The highest BCUT2D eigenvalue weighted by molar-refractivity contribution is 5.82. The summed E-state index contributed by atoms with van der Waals surface area (Å²) in [5.41, 5.74) is -5.25. The van der Waals surface area contributed by atoms with Gasteiger partial charge in [-0.1, -0.05) is 31.5 Å². The minimum absolute atomic E-state index is 0.00463. The monoisotopic (exact) mass is 729 g/mol. The number of hydrogen-bond acceptors (Lipinski definition) is 4. The number of aryl methyl sites for hydroxylation is 3. The lowest BCUT2D eigenvalue weighted by molar-refractivity contribution is -0.140. The summed E-state index contributed by atoms with van der Waals surface area (Å²) in [4.78, 5) is 41.0. The van der Waals surface area contributed by atoms with Crippen LogP contribution in [0.3, 0.4) is 0 Å². The number of nitrogens with zero attached hydrogens (tertiary/aromatic N) is 2. The standard InChI is InChI=1S/C36H39F8N3O4/c1-18(2)11-27(47-17-22(7-10-46-8-6-9-46)24(15-28(47)48)35(39,40)41)34(51)45-26(16-29(49)50)31-32(37)23(14-25(33(31)38)36(42,43)44)30-20(4)12-19(3)13-21(30)5/h12-15,17-18,26-27H,6-11,16H2,1-5H3,(H,45,51)(H,49,50). The van der Waals surface area contributed by atoms with Crippen molar-refractivity contribution in [2.45, 2.75) is 84.7 Å². The van der Waals surface area contributed by atoms with Crippen molar-refractivity contribution in [1.29, 1.82) is 0 Å². The molecule has 1 fully saturated rings. The first-order valence-corrected chi connectivity index (χ1v) is 16.3. The van der Waals surface area contributed by atoms with Crippen molar-refractivity contribution < 1.29 is 49.8 Å². The number of pyridine rings is 1. The van der Waals surface area contributed by atoms with E-state index in [-0.39, 0.29) is 30.5 Å². The average molecular weight is 730 g/mol. The predicted octanol–water partition coefficient (Wildman–Crippen LogP) is 7.92. The van der Waals surface area contributed by atoms with Crippen molar-refractivity contribution in [2.75, 3.05) is 19.6 Å². The lowest BCUT2D eigenvalue weighted by atomic mass is 9.88. The molecule has 0 bridgehead atoms. The van der Waals surface area contributed by atoms with E-state index in [1.54, 1.807) is 32.9 Å². The van der Waals surface area contributed by atoms with E-state index in [0.29, 0.717) is 41.9 Å². The molecular weight excluding hydrogens is 690 g/mol. The molecule has 1 aliphatic rings. The molecule has 0 saturated carbocycles. The average Bonchev–Trinajstić information content (AvgIpc) is 2.94. The molecule has 0 radical (unpaired) electrons. The lowest BCUT2D eigenvalue weighted by Crippen LogP contribution is -2.41. The molecule has 278 valence electrons. The van der Waals surface area contributed by atoms with Crippen LogP contribution in [0.25, 0.3) is 11.1 Å². The van der Waals surface area contributed by atoms with Crippen molar-refractivity contribution in [3.8, 4) is 11.1 Å². The van der Waals surface area contributed by atoms with Crippen LogP contribution in [0.2, 0.25) is 0 Å². The number of benzene rings is 2. The molecule has 2 N–H and O–H groups in total. The number of amides is 1.